The fourth-order valence-electron chi connectivity index (χ4n) is 3.84. The van der Waals surface area contributed by atoms with Crippen molar-refractivity contribution < 1.29 is 9.18 Å². The molecule has 0 aliphatic carbocycles. The number of carbonyl (C=O) groups excluding carboxylic acids is 1. The molecule has 2 unspecified atom stereocenters. The largest absolute Gasteiger partial charge is 0.349 e. The molecule has 7 heteroatoms. The number of halogens is 1. The van der Waals surface area contributed by atoms with Crippen molar-refractivity contribution in [1.29, 1.82) is 0 Å². The number of fused-ring (bicyclic) bond motifs is 2. The second-order valence-corrected chi connectivity index (χ2v) is 7.59. The number of aryl methyl sites for hydroxylation is 1. The highest BCUT2D eigenvalue weighted by atomic mass is 19.1. The standard InChI is InChI=1S/C21H26FN5O/c1-3-9-26-13-16-11-17(22)7-6-15(16)5-4-14(2)21(28)24-18-12-23-27-10-8-19(26)25-20(18)27/h6-8,10-12,14,19,25H,3-5,9,13H2,1-2H3,(H,24,28). The average Bonchev–Trinajstić information content (AvgIpc) is 3.08. The lowest BCUT2D eigenvalue weighted by Gasteiger charge is -2.33. The Morgan fingerprint density at radius 2 is 2.18 bits per heavy atom. The zero-order chi connectivity index (χ0) is 19.7. The van der Waals surface area contributed by atoms with Gasteiger partial charge in [-0.2, -0.15) is 5.10 Å². The first kappa shape index (κ1) is 18.7. The van der Waals surface area contributed by atoms with Crippen molar-refractivity contribution in [3.05, 3.63) is 47.4 Å². The summed E-state index contributed by atoms with van der Waals surface area (Å²) >= 11 is 0. The minimum absolute atomic E-state index is 0.0305. The minimum Gasteiger partial charge on any atom is -0.349 e. The number of hydrogen-bond acceptors (Lipinski definition) is 4. The van der Waals surface area contributed by atoms with Crippen molar-refractivity contribution in [1.82, 2.24) is 14.7 Å². The Balaban J connectivity index is 1.75. The predicted molar refractivity (Wildman–Crippen MR) is 108 cm³/mol. The fraction of sp³-hybridized carbons (Fsp3) is 0.429. The summed E-state index contributed by atoms with van der Waals surface area (Å²) in [5, 5.41) is 10.8. The number of benzene rings is 1. The van der Waals surface area contributed by atoms with Gasteiger partial charge >= 0.3 is 0 Å². The Bertz CT molecular complexity index is 906. The molecule has 148 valence electrons. The molecule has 2 aliphatic heterocycles. The van der Waals surface area contributed by atoms with Crippen LogP contribution in [0.1, 0.15) is 37.8 Å². The number of carbonyl (C=O) groups is 1. The van der Waals surface area contributed by atoms with Gasteiger partial charge in [-0.25, -0.2) is 9.07 Å². The number of aromatic nitrogens is 2. The van der Waals surface area contributed by atoms with Gasteiger partial charge in [-0.05, 0) is 48.6 Å². The van der Waals surface area contributed by atoms with E-state index in [4.69, 9.17) is 0 Å². The van der Waals surface area contributed by atoms with Gasteiger partial charge in [-0.1, -0.05) is 19.9 Å². The number of nitrogens with zero attached hydrogens (tertiary/aromatic N) is 3. The van der Waals surface area contributed by atoms with Crippen LogP contribution in [0.5, 0.6) is 0 Å². The van der Waals surface area contributed by atoms with E-state index in [1.807, 2.05) is 25.3 Å². The van der Waals surface area contributed by atoms with E-state index in [-0.39, 0.29) is 23.8 Å². The van der Waals surface area contributed by atoms with Crippen LogP contribution in [0.25, 0.3) is 6.20 Å². The first-order valence-electron chi connectivity index (χ1n) is 9.89. The van der Waals surface area contributed by atoms with Gasteiger partial charge < -0.3 is 10.6 Å². The number of rotatable bonds is 2. The maximum atomic E-state index is 14.0. The molecule has 0 saturated carbocycles. The molecule has 1 aromatic carbocycles. The third-order valence-electron chi connectivity index (χ3n) is 5.49. The molecule has 2 aromatic rings. The zero-order valence-electron chi connectivity index (χ0n) is 16.3. The third kappa shape index (κ3) is 3.67. The van der Waals surface area contributed by atoms with Gasteiger partial charge in [0.2, 0.25) is 5.91 Å². The normalized spacial score (nSPS) is 22.3. The molecule has 3 heterocycles. The molecule has 0 radical (unpaired) electrons. The Labute approximate surface area is 164 Å². The summed E-state index contributed by atoms with van der Waals surface area (Å²) in [5.41, 5.74) is 2.77. The summed E-state index contributed by atoms with van der Waals surface area (Å²) in [6.07, 6.45) is 7.99. The topological polar surface area (TPSA) is 62.2 Å². The quantitative estimate of drug-likeness (QED) is 0.831. The SMILES string of the molecule is CCCN1Cc2cc(F)ccc2CCC(C)C(=O)Nc2cnn3c2NC1C=C3. The van der Waals surface area contributed by atoms with Gasteiger partial charge in [0.15, 0.2) is 5.82 Å². The van der Waals surface area contributed by atoms with Crippen LogP contribution >= 0.6 is 0 Å². The highest BCUT2D eigenvalue weighted by Gasteiger charge is 2.26. The molecule has 2 N–H and O–H groups in total. The van der Waals surface area contributed by atoms with Gasteiger partial charge in [-0.15, -0.1) is 0 Å². The maximum Gasteiger partial charge on any atom is 0.227 e. The second kappa shape index (κ2) is 7.75. The van der Waals surface area contributed by atoms with Crippen LogP contribution in [0.3, 0.4) is 0 Å². The van der Waals surface area contributed by atoms with Crippen LogP contribution in [0, 0.1) is 11.7 Å². The molecule has 28 heavy (non-hydrogen) atoms. The van der Waals surface area contributed by atoms with Crippen molar-refractivity contribution in [2.24, 2.45) is 5.92 Å². The molecule has 0 saturated heterocycles. The zero-order valence-corrected chi connectivity index (χ0v) is 16.3. The molecule has 0 spiro atoms. The number of anilines is 2. The van der Waals surface area contributed by atoms with Gasteiger partial charge in [0.05, 0.1) is 6.20 Å². The van der Waals surface area contributed by atoms with E-state index in [2.05, 4.69) is 27.6 Å². The van der Waals surface area contributed by atoms with E-state index in [1.54, 1.807) is 16.9 Å². The van der Waals surface area contributed by atoms with E-state index < -0.39 is 0 Å². The molecule has 2 bridgehead atoms. The lowest BCUT2D eigenvalue weighted by Crippen LogP contribution is -2.41. The van der Waals surface area contributed by atoms with E-state index in [1.165, 1.54) is 6.07 Å². The van der Waals surface area contributed by atoms with Crippen molar-refractivity contribution in [2.75, 3.05) is 17.2 Å². The Morgan fingerprint density at radius 3 is 3.00 bits per heavy atom. The lowest BCUT2D eigenvalue weighted by atomic mass is 9.96. The van der Waals surface area contributed by atoms with E-state index >= 15 is 0 Å². The monoisotopic (exact) mass is 383 g/mol. The molecular formula is C21H26FN5O. The number of hydrogen-bond donors (Lipinski definition) is 2. The smallest absolute Gasteiger partial charge is 0.227 e. The predicted octanol–water partition coefficient (Wildman–Crippen LogP) is 3.68. The highest BCUT2D eigenvalue weighted by molar-refractivity contribution is 5.95. The van der Waals surface area contributed by atoms with Gasteiger partial charge in [0.1, 0.15) is 17.7 Å². The number of amides is 1. The van der Waals surface area contributed by atoms with Gasteiger partial charge in [0, 0.05) is 25.2 Å². The van der Waals surface area contributed by atoms with Crippen LogP contribution in [0.15, 0.2) is 30.5 Å². The van der Waals surface area contributed by atoms with Crippen molar-refractivity contribution in [3.8, 4) is 0 Å². The summed E-state index contributed by atoms with van der Waals surface area (Å²) in [7, 11) is 0. The summed E-state index contributed by atoms with van der Waals surface area (Å²) < 4.78 is 15.7. The van der Waals surface area contributed by atoms with E-state index in [0.717, 1.165) is 36.3 Å². The molecular weight excluding hydrogens is 357 g/mol. The first-order chi connectivity index (χ1) is 13.5. The Kier molecular flexibility index (Phi) is 5.17. The average molecular weight is 383 g/mol. The molecule has 4 rings (SSSR count). The molecule has 2 aliphatic rings. The van der Waals surface area contributed by atoms with E-state index in [9.17, 15) is 9.18 Å². The van der Waals surface area contributed by atoms with Crippen LogP contribution < -0.4 is 10.6 Å². The third-order valence-corrected chi connectivity index (χ3v) is 5.49. The minimum atomic E-state index is -0.224. The summed E-state index contributed by atoms with van der Waals surface area (Å²) in [6, 6.07) is 5.00. The summed E-state index contributed by atoms with van der Waals surface area (Å²) in [4.78, 5) is 14.9. The van der Waals surface area contributed by atoms with E-state index in [0.29, 0.717) is 18.7 Å². The summed E-state index contributed by atoms with van der Waals surface area (Å²) in [5.74, 6) is 0.360. The molecule has 0 fully saturated rings. The Morgan fingerprint density at radius 1 is 1.32 bits per heavy atom. The lowest BCUT2D eigenvalue weighted by molar-refractivity contribution is -0.119. The molecule has 1 amide bonds. The van der Waals surface area contributed by atoms with Crippen molar-refractivity contribution in [3.63, 3.8) is 0 Å². The number of nitrogens with one attached hydrogen (secondary N) is 2. The van der Waals surface area contributed by atoms with Crippen LogP contribution in [-0.2, 0) is 17.8 Å². The Hall–Kier alpha value is -2.67. The van der Waals surface area contributed by atoms with Crippen molar-refractivity contribution >= 4 is 23.6 Å². The first-order valence-corrected chi connectivity index (χ1v) is 9.89. The second-order valence-electron chi connectivity index (χ2n) is 7.59. The van der Waals surface area contributed by atoms with Crippen LogP contribution in [0.4, 0.5) is 15.9 Å². The van der Waals surface area contributed by atoms with Gasteiger partial charge in [-0.3, -0.25) is 9.69 Å². The fourth-order valence-corrected chi connectivity index (χ4v) is 3.84. The van der Waals surface area contributed by atoms with Crippen LogP contribution in [0.2, 0.25) is 0 Å². The summed E-state index contributed by atoms with van der Waals surface area (Å²) in [6.45, 7) is 5.57. The van der Waals surface area contributed by atoms with Crippen LogP contribution in [-0.4, -0.2) is 33.3 Å². The molecule has 6 nitrogen and oxygen atoms in total. The maximum absolute atomic E-state index is 14.0. The highest BCUT2D eigenvalue weighted by Crippen LogP contribution is 2.29. The molecule has 2 atom stereocenters. The van der Waals surface area contributed by atoms with Gasteiger partial charge in [0.25, 0.3) is 0 Å². The van der Waals surface area contributed by atoms with Crippen molar-refractivity contribution in [2.45, 2.75) is 45.8 Å². The molecule has 1 aromatic heterocycles.